The van der Waals surface area contributed by atoms with Crippen LogP contribution in [0.1, 0.15) is 31.4 Å². The van der Waals surface area contributed by atoms with Crippen LogP contribution in [0.3, 0.4) is 0 Å². The van der Waals surface area contributed by atoms with Gasteiger partial charge in [0.1, 0.15) is 0 Å². The molecular weight excluding hydrogens is 212 g/mol. The highest BCUT2D eigenvalue weighted by molar-refractivity contribution is 5.23. The summed E-state index contributed by atoms with van der Waals surface area (Å²) in [4.78, 5) is 0. The lowest BCUT2D eigenvalue weighted by Gasteiger charge is -2.31. The summed E-state index contributed by atoms with van der Waals surface area (Å²) in [5.41, 5.74) is 2.02. The van der Waals surface area contributed by atoms with Crippen LogP contribution in [-0.2, 0) is 6.42 Å². The average Bonchev–Trinajstić information content (AvgIpc) is 2.27. The van der Waals surface area contributed by atoms with Crippen LogP contribution in [0.25, 0.3) is 0 Å². The molecule has 0 aromatic heterocycles. The van der Waals surface area contributed by atoms with Gasteiger partial charge in [-0.25, -0.2) is 0 Å². The molecule has 0 heterocycles. The molecule has 2 N–H and O–H groups in total. The van der Waals surface area contributed by atoms with Crippen molar-refractivity contribution >= 4 is 0 Å². The number of benzene rings is 1. The first-order valence-electron chi connectivity index (χ1n) is 6.28. The predicted molar refractivity (Wildman–Crippen MR) is 70.9 cm³/mol. The lowest BCUT2D eigenvalue weighted by atomic mass is 9.76. The van der Waals surface area contributed by atoms with Gasteiger partial charge in [-0.2, -0.15) is 0 Å². The van der Waals surface area contributed by atoms with Crippen molar-refractivity contribution in [2.45, 2.75) is 33.6 Å². The molecule has 0 aliphatic rings. The highest BCUT2D eigenvalue weighted by Gasteiger charge is 2.30. The maximum absolute atomic E-state index is 9.60. The fourth-order valence-electron chi connectivity index (χ4n) is 2.48. The fraction of sp³-hybridized carbons (Fsp3) is 0.600. The zero-order valence-electron chi connectivity index (χ0n) is 11.1. The van der Waals surface area contributed by atoms with Crippen molar-refractivity contribution in [3.63, 3.8) is 0 Å². The van der Waals surface area contributed by atoms with Crippen molar-refractivity contribution in [1.82, 2.24) is 0 Å². The molecule has 0 spiro atoms. The topological polar surface area (TPSA) is 40.5 Å². The van der Waals surface area contributed by atoms with Gasteiger partial charge in [0.15, 0.2) is 0 Å². The van der Waals surface area contributed by atoms with Gasteiger partial charge < -0.3 is 10.2 Å². The minimum atomic E-state index is -0.387. The van der Waals surface area contributed by atoms with Gasteiger partial charge >= 0.3 is 0 Å². The molecule has 0 fully saturated rings. The second-order valence-electron chi connectivity index (χ2n) is 5.58. The van der Waals surface area contributed by atoms with Gasteiger partial charge in [0.25, 0.3) is 0 Å². The lowest BCUT2D eigenvalue weighted by Crippen LogP contribution is -2.34. The third kappa shape index (κ3) is 4.14. The van der Waals surface area contributed by atoms with Gasteiger partial charge in [-0.15, -0.1) is 0 Å². The van der Waals surface area contributed by atoms with Gasteiger partial charge in [0, 0.05) is 5.41 Å². The summed E-state index contributed by atoms with van der Waals surface area (Å²) in [5.74, 6) is 0.471. The number of aliphatic hydroxyl groups excluding tert-OH is 2. The predicted octanol–water partition coefficient (Wildman–Crippen LogP) is 2.55. The normalized spacial score (nSPS) is 12.1. The monoisotopic (exact) mass is 236 g/mol. The number of rotatable bonds is 6. The maximum Gasteiger partial charge on any atom is 0.0512 e. The van der Waals surface area contributed by atoms with Crippen LogP contribution < -0.4 is 0 Å². The highest BCUT2D eigenvalue weighted by atomic mass is 16.3. The molecule has 0 saturated carbocycles. The molecule has 17 heavy (non-hydrogen) atoms. The van der Waals surface area contributed by atoms with Crippen LogP contribution in [0, 0.1) is 18.3 Å². The Morgan fingerprint density at radius 2 is 1.82 bits per heavy atom. The van der Waals surface area contributed by atoms with Crippen LogP contribution in [-0.4, -0.2) is 23.4 Å². The molecular formula is C15H24O2. The summed E-state index contributed by atoms with van der Waals surface area (Å²) in [6.07, 6.45) is 1.58. The van der Waals surface area contributed by atoms with Crippen molar-refractivity contribution in [1.29, 1.82) is 0 Å². The Morgan fingerprint density at radius 1 is 1.18 bits per heavy atom. The van der Waals surface area contributed by atoms with E-state index in [0.29, 0.717) is 5.92 Å². The van der Waals surface area contributed by atoms with Crippen LogP contribution in [0.5, 0.6) is 0 Å². The van der Waals surface area contributed by atoms with Gasteiger partial charge in [0.2, 0.25) is 0 Å². The summed E-state index contributed by atoms with van der Waals surface area (Å²) < 4.78 is 0. The third-order valence-electron chi connectivity index (χ3n) is 3.17. The van der Waals surface area contributed by atoms with Crippen LogP contribution in [0.2, 0.25) is 0 Å². The zero-order valence-corrected chi connectivity index (χ0v) is 11.1. The fourth-order valence-corrected chi connectivity index (χ4v) is 2.48. The van der Waals surface area contributed by atoms with E-state index in [-0.39, 0.29) is 18.6 Å². The molecule has 0 unspecified atom stereocenters. The van der Waals surface area contributed by atoms with Crippen LogP contribution in [0.4, 0.5) is 0 Å². The molecule has 0 bridgehead atoms. The molecule has 0 aliphatic heterocycles. The largest absolute Gasteiger partial charge is 0.396 e. The quantitative estimate of drug-likeness (QED) is 0.797. The summed E-state index contributed by atoms with van der Waals surface area (Å²) in [7, 11) is 0. The Labute approximate surface area is 104 Å². The molecule has 1 aromatic rings. The van der Waals surface area contributed by atoms with Gasteiger partial charge in [-0.3, -0.25) is 0 Å². The molecule has 0 radical (unpaired) electrons. The smallest absolute Gasteiger partial charge is 0.0512 e. The highest BCUT2D eigenvalue weighted by Crippen LogP contribution is 2.30. The molecule has 0 amide bonds. The van der Waals surface area contributed by atoms with E-state index >= 15 is 0 Å². The summed E-state index contributed by atoms with van der Waals surface area (Å²) >= 11 is 0. The van der Waals surface area contributed by atoms with E-state index in [9.17, 15) is 10.2 Å². The van der Waals surface area contributed by atoms with Crippen molar-refractivity contribution in [2.75, 3.05) is 13.2 Å². The summed E-state index contributed by atoms with van der Waals surface area (Å²) in [6.45, 7) is 6.38. The zero-order chi connectivity index (χ0) is 12.9. The first-order chi connectivity index (χ1) is 8.01. The third-order valence-corrected chi connectivity index (χ3v) is 3.17. The Balaban J connectivity index is 2.85. The molecule has 2 heteroatoms. The summed E-state index contributed by atoms with van der Waals surface area (Å²) in [5, 5.41) is 19.2. The second kappa shape index (κ2) is 6.18. The number of aryl methyl sites for hydroxylation is 1. The van der Waals surface area contributed by atoms with Gasteiger partial charge in [-0.05, 0) is 31.2 Å². The number of hydrogen-bond acceptors (Lipinski definition) is 2. The Hall–Kier alpha value is -0.860. The molecule has 2 nitrogen and oxygen atoms in total. The Kier molecular flexibility index (Phi) is 5.16. The Morgan fingerprint density at radius 3 is 2.29 bits per heavy atom. The van der Waals surface area contributed by atoms with E-state index in [4.69, 9.17) is 0 Å². The molecule has 0 aliphatic carbocycles. The van der Waals surface area contributed by atoms with Crippen LogP contribution in [0.15, 0.2) is 24.3 Å². The average molecular weight is 236 g/mol. The van der Waals surface area contributed by atoms with Crippen LogP contribution >= 0.6 is 0 Å². The second-order valence-corrected chi connectivity index (χ2v) is 5.58. The van der Waals surface area contributed by atoms with Gasteiger partial charge in [-0.1, -0.05) is 43.7 Å². The standard InChI is InChI=1S/C15H24O2/c1-12(2)8-15(10-16,11-17)9-14-6-4-5-13(3)7-14/h4-7,12,16-17H,8-11H2,1-3H3. The van der Waals surface area contributed by atoms with E-state index in [2.05, 4.69) is 39.0 Å². The van der Waals surface area contributed by atoms with Crippen molar-refractivity contribution in [3.05, 3.63) is 35.4 Å². The molecule has 96 valence electrons. The molecule has 0 saturated heterocycles. The van der Waals surface area contributed by atoms with E-state index < -0.39 is 0 Å². The summed E-state index contributed by atoms with van der Waals surface area (Å²) in [6, 6.07) is 8.28. The van der Waals surface area contributed by atoms with E-state index in [0.717, 1.165) is 12.8 Å². The lowest BCUT2D eigenvalue weighted by molar-refractivity contribution is 0.0369. The number of hydrogen-bond donors (Lipinski definition) is 2. The minimum Gasteiger partial charge on any atom is -0.396 e. The minimum absolute atomic E-state index is 0.0373. The van der Waals surface area contributed by atoms with E-state index in [1.54, 1.807) is 0 Å². The van der Waals surface area contributed by atoms with E-state index in [1.807, 2.05) is 6.07 Å². The Bertz CT molecular complexity index is 341. The molecule has 1 rings (SSSR count). The SMILES string of the molecule is Cc1cccc(CC(CO)(CO)CC(C)C)c1. The van der Waals surface area contributed by atoms with Crippen molar-refractivity contribution in [2.24, 2.45) is 11.3 Å². The maximum atomic E-state index is 9.60. The molecule has 1 aromatic carbocycles. The van der Waals surface area contributed by atoms with Gasteiger partial charge in [0.05, 0.1) is 13.2 Å². The van der Waals surface area contributed by atoms with Crippen molar-refractivity contribution in [3.8, 4) is 0 Å². The number of aliphatic hydroxyl groups is 2. The first kappa shape index (κ1) is 14.2. The van der Waals surface area contributed by atoms with E-state index in [1.165, 1.54) is 11.1 Å². The first-order valence-corrected chi connectivity index (χ1v) is 6.28. The van der Waals surface area contributed by atoms with Crippen molar-refractivity contribution < 1.29 is 10.2 Å². The molecule has 0 atom stereocenters.